The molecule has 1 amide bonds. The minimum atomic E-state index is -0.791. The number of phenols is 1. The fourth-order valence-corrected chi connectivity index (χ4v) is 3.23. The van der Waals surface area contributed by atoms with Crippen LogP contribution in [0.25, 0.3) is 0 Å². The standard InChI is InChI=1S/C24H40N2O3/c1-2-3-4-5-6-7-8-9-10-11-12-13-18-25-24(29)23(20-27)26-19-21-14-16-22(28)17-15-21/h14-17,19,23,27-28H,2-13,18,20H2,1H3,(H,25,29)/t23-/m0/s1. The highest BCUT2D eigenvalue weighted by molar-refractivity contribution is 5.86. The Morgan fingerprint density at radius 1 is 0.931 bits per heavy atom. The Hall–Kier alpha value is -1.88. The van der Waals surface area contributed by atoms with Gasteiger partial charge in [-0.05, 0) is 36.2 Å². The van der Waals surface area contributed by atoms with Gasteiger partial charge in [-0.3, -0.25) is 9.79 Å². The van der Waals surface area contributed by atoms with E-state index < -0.39 is 6.04 Å². The van der Waals surface area contributed by atoms with E-state index in [0.717, 1.165) is 18.4 Å². The summed E-state index contributed by atoms with van der Waals surface area (Å²) >= 11 is 0. The molecular formula is C24H40N2O3. The van der Waals surface area contributed by atoms with Crippen LogP contribution < -0.4 is 5.32 Å². The first kappa shape index (κ1) is 25.2. The van der Waals surface area contributed by atoms with Crippen LogP contribution in [0.2, 0.25) is 0 Å². The summed E-state index contributed by atoms with van der Waals surface area (Å²) in [5.41, 5.74) is 0.773. The lowest BCUT2D eigenvalue weighted by atomic mass is 10.1. The Labute approximate surface area is 176 Å². The van der Waals surface area contributed by atoms with Gasteiger partial charge in [-0.25, -0.2) is 0 Å². The molecule has 0 spiro atoms. The zero-order chi connectivity index (χ0) is 21.2. The molecule has 5 nitrogen and oxygen atoms in total. The van der Waals surface area contributed by atoms with Crippen LogP contribution >= 0.6 is 0 Å². The summed E-state index contributed by atoms with van der Waals surface area (Å²) in [6.45, 7) is 2.56. The van der Waals surface area contributed by atoms with Crippen LogP contribution in [0.4, 0.5) is 0 Å². The second-order valence-electron chi connectivity index (χ2n) is 7.75. The van der Waals surface area contributed by atoms with Gasteiger partial charge in [-0.2, -0.15) is 0 Å². The monoisotopic (exact) mass is 404 g/mol. The molecule has 0 fully saturated rings. The Morgan fingerprint density at radius 2 is 1.45 bits per heavy atom. The number of carbonyl (C=O) groups excluding carboxylic acids is 1. The zero-order valence-electron chi connectivity index (χ0n) is 18.1. The van der Waals surface area contributed by atoms with Gasteiger partial charge in [0.15, 0.2) is 6.04 Å². The quantitative estimate of drug-likeness (QED) is 0.253. The third-order valence-corrected chi connectivity index (χ3v) is 5.10. The maximum Gasteiger partial charge on any atom is 0.247 e. The number of hydrogen-bond acceptors (Lipinski definition) is 4. The number of nitrogens with one attached hydrogen (secondary N) is 1. The second-order valence-corrected chi connectivity index (χ2v) is 7.75. The molecule has 0 heterocycles. The maximum absolute atomic E-state index is 12.1. The molecule has 1 rings (SSSR count). The van der Waals surface area contributed by atoms with Crippen LogP contribution in [-0.4, -0.2) is 41.5 Å². The number of benzene rings is 1. The molecule has 0 aliphatic carbocycles. The van der Waals surface area contributed by atoms with E-state index >= 15 is 0 Å². The van der Waals surface area contributed by atoms with Gasteiger partial charge in [-0.15, -0.1) is 0 Å². The van der Waals surface area contributed by atoms with Crippen molar-refractivity contribution >= 4 is 12.1 Å². The van der Waals surface area contributed by atoms with Gasteiger partial charge in [0.05, 0.1) is 6.61 Å². The molecular weight excluding hydrogens is 364 g/mol. The topological polar surface area (TPSA) is 81.9 Å². The van der Waals surface area contributed by atoms with Crippen molar-refractivity contribution in [2.24, 2.45) is 4.99 Å². The average Bonchev–Trinajstić information content (AvgIpc) is 2.73. The molecule has 1 atom stereocenters. The smallest absolute Gasteiger partial charge is 0.247 e. The number of aromatic hydroxyl groups is 1. The molecule has 0 aromatic heterocycles. The molecule has 0 radical (unpaired) electrons. The van der Waals surface area contributed by atoms with Gasteiger partial charge in [0.1, 0.15) is 5.75 Å². The summed E-state index contributed by atoms with van der Waals surface area (Å²) in [4.78, 5) is 16.3. The molecule has 29 heavy (non-hydrogen) atoms. The molecule has 0 saturated carbocycles. The van der Waals surface area contributed by atoms with Crippen molar-refractivity contribution in [3.63, 3.8) is 0 Å². The average molecular weight is 405 g/mol. The van der Waals surface area contributed by atoms with E-state index in [2.05, 4.69) is 17.2 Å². The van der Waals surface area contributed by atoms with Gasteiger partial charge < -0.3 is 15.5 Å². The first-order valence-corrected chi connectivity index (χ1v) is 11.4. The van der Waals surface area contributed by atoms with E-state index in [1.165, 1.54) is 64.2 Å². The van der Waals surface area contributed by atoms with Crippen molar-refractivity contribution in [3.05, 3.63) is 29.8 Å². The van der Waals surface area contributed by atoms with E-state index in [1.807, 2.05) is 0 Å². The molecule has 1 aromatic rings. The summed E-state index contributed by atoms with van der Waals surface area (Å²) < 4.78 is 0. The van der Waals surface area contributed by atoms with Crippen LogP contribution in [0.15, 0.2) is 29.3 Å². The number of aliphatic imine (C=N–C) groups is 1. The molecule has 0 aliphatic rings. The molecule has 0 aliphatic heterocycles. The first-order valence-electron chi connectivity index (χ1n) is 11.4. The normalized spacial score (nSPS) is 12.3. The highest BCUT2D eigenvalue weighted by atomic mass is 16.3. The van der Waals surface area contributed by atoms with E-state index in [9.17, 15) is 15.0 Å². The fourth-order valence-electron chi connectivity index (χ4n) is 3.23. The largest absolute Gasteiger partial charge is 0.508 e. The lowest BCUT2D eigenvalue weighted by molar-refractivity contribution is -0.123. The summed E-state index contributed by atoms with van der Waals surface area (Å²) in [5.74, 6) is -0.0633. The third kappa shape index (κ3) is 13.1. The predicted molar refractivity (Wildman–Crippen MR) is 121 cm³/mol. The van der Waals surface area contributed by atoms with Crippen LogP contribution in [0.3, 0.4) is 0 Å². The van der Waals surface area contributed by atoms with Gasteiger partial charge in [0.25, 0.3) is 0 Å². The molecule has 0 bridgehead atoms. The Bertz CT molecular complexity index is 558. The Kier molecular flexibility index (Phi) is 14.8. The number of amides is 1. The number of nitrogens with zero attached hydrogens (tertiary/aromatic N) is 1. The summed E-state index contributed by atoms with van der Waals surface area (Å²) in [6.07, 6.45) is 17.0. The van der Waals surface area contributed by atoms with Crippen LogP contribution in [-0.2, 0) is 4.79 Å². The highest BCUT2D eigenvalue weighted by Gasteiger charge is 2.14. The van der Waals surface area contributed by atoms with Gasteiger partial charge in [0, 0.05) is 12.8 Å². The maximum atomic E-state index is 12.1. The number of phenolic OH excluding ortho intramolecular Hbond substituents is 1. The number of aliphatic hydroxyl groups is 1. The van der Waals surface area contributed by atoms with Gasteiger partial charge >= 0.3 is 0 Å². The fraction of sp³-hybridized carbons (Fsp3) is 0.667. The van der Waals surface area contributed by atoms with E-state index in [0.29, 0.717) is 6.54 Å². The lowest BCUT2D eigenvalue weighted by Crippen LogP contribution is -2.36. The molecule has 5 heteroatoms. The third-order valence-electron chi connectivity index (χ3n) is 5.10. The zero-order valence-corrected chi connectivity index (χ0v) is 18.1. The first-order chi connectivity index (χ1) is 14.2. The summed E-state index contributed by atoms with van der Waals surface area (Å²) in [5, 5.41) is 21.5. The summed E-state index contributed by atoms with van der Waals surface area (Å²) in [7, 11) is 0. The van der Waals surface area contributed by atoms with E-state index in [-0.39, 0.29) is 18.3 Å². The lowest BCUT2D eigenvalue weighted by Gasteiger charge is -2.10. The highest BCUT2D eigenvalue weighted by Crippen LogP contribution is 2.12. The minimum absolute atomic E-state index is 0.181. The van der Waals surface area contributed by atoms with Crippen molar-refractivity contribution in [1.29, 1.82) is 0 Å². The Morgan fingerprint density at radius 3 is 1.97 bits per heavy atom. The van der Waals surface area contributed by atoms with Crippen molar-refractivity contribution in [3.8, 4) is 5.75 Å². The van der Waals surface area contributed by atoms with Crippen molar-refractivity contribution in [1.82, 2.24) is 5.32 Å². The molecule has 1 aromatic carbocycles. The predicted octanol–water partition coefficient (Wildman–Crippen LogP) is 4.99. The van der Waals surface area contributed by atoms with Gasteiger partial charge in [0.2, 0.25) is 5.91 Å². The number of hydrogen-bond donors (Lipinski definition) is 3. The van der Waals surface area contributed by atoms with E-state index in [1.54, 1.807) is 30.5 Å². The number of aliphatic hydroxyl groups excluding tert-OH is 1. The molecule has 3 N–H and O–H groups in total. The van der Waals surface area contributed by atoms with Crippen molar-refractivity contribution in [2.75, 3.05) is 13.2 Å². The number of rotatable bonds is 17. The number of carbonyl (C=O) groups is 1. The Balaban J connectivity index is 2.04. The second kappa shape index (κ2) is 17.0. The number of unbranched alkanes of at least 4 members (excludes halogenated alkanes) is 11. The van der Waals surface area contributed by atoms with Crippen LogP contribution in [0.5, 0.6) is 5.75 Å². The van der Waals surface area contributed by atoms with Crippen molar-refractivity contribution < 1.29 is 15.0 Å². The summed E-state index contributed by atoms with van der Waals surface area (Å²) in [6, 6.07) is 5.74. The van der Waals surface area contributed by atoms with Crippen LogP contribution in [0.1, 0.15) is 89.5 Å². The molecule has 0 unspecified atom stereocenters. The van der Waals surface area contributed by atoms with Crippen LogP contribution in [0, 0.1) is 0 Å². The SMILES string of the molecule is CCCCCCCCCCCCCCNC(=O)[C@H](CO)N=Cc1ccc(O)cc1. The molecule has 164 valence electrons. The minimum Gasteiger partial charge on any atom is -0.508 e. The van der Waals surface area contributed by atoms with Crippen molar-refractivity contribution in [2.45, 2.75) is 90.0 Å². The van der Waals surface area contributed by atoms with E-state index in [4.69, 9.17) is 0 Å². The molecule has 0 saturated heterocycles. The van der Waals surface area contributed by atoms with Gasteiger partial charge in [-0.1, -0.05) is 77.6 Å².